The van der Waals surface area contributed by atoms with Crippen LogP contribution in [0.5, 0.6) is 5.75 Å². The van der Waals surface area contributed by atoms with Crippen molar-refractivity contribution in [1.29, 1.82) is 5.26 Å². The number of nitrogens with one attached hydrogen (secondary N) is 1. The van der Waals surface area contributed by atoms with E-state index in [9.17, 15) is 4.79 Å². The standard InChI is InChI=1S/C22H27ClN2O2/c1-7-8-9-14(2)18(26)25-19-21(3,4)20(22(19,5)6)27-16-11-10-15(13-24)17(23)12-16/h8-12,19-20H,2,7H2,1,3-6H3,(H,25,26)/b9-8-/t19-,20-. The zero-order chi connectivity index (χ0) is 20.4. The molecule has 0 bridgehead atoms. The van der Waals surface area contributed by atoms with Gasteiger partial charge in [-0.25, -0.2) is 0 Å². The SMILES string of the molecule is C=C(/C=C\CC)C(=O)N[C@H]1C(C)(C)[C@H](Oc2ccc(C#N)c(Cl)c2)C1(C)C. The Hall–Kier alpha value is -2.25. The summed E-state index contributed by atoms with van der Waals surface area (Å²) in [6.45, 7) is 14.1. The molecule has 1 saturated carbocycles. The van der Waals surface area contributed by atoms with Crippen molar-refractivity contribution in [3.63, 3.8) is 0 Å². The maximum absolute atomic E-state index is 12.5. The van der Waals surface area contributed by atoms with Gasteiger partial charge >= 0.3 is 0 Å². The Bertz CT molecular complexity index is 802. The second kappa shape index (κ2) is 7.78. The Morgan fingerprint density at radius 1 is 1.37 bits per heavy atom. The van der Waals surface area contributed by atoms with Gasteiger partial charge in [-0.3, -0.25) is 4.79 Å². The fraction of sp³-hybridized carbons (Fsp3) is 0.455. The van der Waals surface area contributed by atoms with E-state index >= 15 is 0 Å². The van der Waals surface area contributed by atoms with Crippen LogP contribution in [-0.4, -0.2) is 18.1 Å². The van der Waals surface area contributed by atoms with E-state index < -0.39 is 0 Å². The quantitative estimate of drug-likeness (QED) is 0.550. The number of halogens is 1. The maximum atomic E-state index is 12.5. The molecule has 0 radical (unpaired) electrons. The summed E-state index contributed by atoms with van der Waals surface area (Å²) in [6, 6.07) is 7.04. The number of ether oxygens (including phenoxy) is 1. The lowest BCUT2D eigenvalue weighted by molar-refractivity contribution is -0.172. The first-order chi connectivity index (χ1) is 12.6. The van der Waals surface area contributed by atoms with Crippen LogP contribution in [0.3, 0.4) is 0 Å². The van der Waals surface area contributed by atoms with E-state index in [1.54, 1.807) is 24.3 Å². The molecule has 2 rings (SSSR count). The fourth-order valence-electron chi connectivity index (χ4n) is 4.16. The van der Waals surface area contributed by atoms with Gasteiger partial charge in [0.2, 0.25) is 0 Å². The van der Waals surface area contributed by atoms with Gasteiger partial charge in [0, 0.05) is 28.5 Å². The van der Waals surface area contributed by atoms with E-state index in [4.69, 9.17) is 21.6 Å². The molecule has 0 atom stereocenters. The number of benzene rings is 1. The van der Waals surface area contributed by atoms with Crippen molar-refractivity contribution >= 4 is 17.5 Å². The number of nitrogens with zero attached hydrogens (tertiary/aromatic N) is 1. The topological polar surface area (TPSA) is 62.1 Å². The van der Waals surface area contributed by atoms with E-state index in [-0.39, 0.29) is 28.9 Å². The van der Waals surface area contributed by atoms with E-state index in [2.05, 4.69) is 39.6 Å². The summed E-state index contributed by atoms with van der Waals surface area (Å²) in [5.41, 5.74) is 0.300. The van der Waals surface area contributed by atoms with Crippen molar-refractivity contribution in [3.8, 4) is 11.8 Å². The van der Waals surface area contributed by atoms with Gasteiger partial charge in [0.25, 0.3) is 5.91 Å². The first-order valence-corrected chi connectivity index (χ1v) is 9.46. The van der Waals surface area contributed by atoms with Gasteiger partial charge in [-0.1, -0.05) is 65.0 Å². The van der Waals surface area contributed by atoms with Gasteiger partial charge in [-0.2, -0.15) is 5.26 Å². The van der Waals surface area contributed by atoms with Crippen molar-refractivity contribution < 1.29 is 9.53 Å². The van der Waals surface area contributed by atoms with Gasteiger partial charge in [0.15, 0.2) is 0 Å². The number of hydrogen-bond donors (Lipinski definition) is 1. The monoisotopic (exact) mass is 386 g/mol. The smallest absolute Gasteiger partial charge is 0.250 e. The molecule has 0 heterocycles. The van der Waals surface area contributed by atoms with Crippen LogP contribution in [0, 0.1) is 22.2 Å². The number of nitriles is 1. The fourth-order valence-corrected chi connectivity index (χ4v) is 4.37. The van der Waals surface area contributed by atoms with Crippen LogP contribution in [0.1, 0.15) is 46.6 Å². The summed E-state index contributed by atoms with van der Waals surface area (Å²) in [5, 5.41) is 12.5. The van der Waals surface area contributed by atoms with Crippen molar-refractivity contribution in [3.05, 3.63) is 53.1 Å². The van der Waals surface area contributed by atoms with Crippen LogP contribution in [0.25, 0.3) is 0 Å². The first kappa shape index (κ1) is 21.1. The third kappa shape index (κ3) is 4.04. The molecular weight excluding hydrogens is 360 g/mol. The third-order valence-electron chi connectivity index (χ3n) is 5.28. The van der Waals surface area contributed by atoms with Crippen LogP contribution in [0.2, 0.25) is 5.02 Å². The summed E-state index contributed by atoms with van der Waals surface area (Å²) in [7, 11) is 0. The van der Waals surface area contributed by atoms with Crippen LogP contribution in [0.4, 0.5) is 0 Å². The normalized spacial score (nSPS) is 22.6. The van der Waals surface area contributed by atoms with Gasteiger partial charge in [0.05, 0.1) is 10.6 Å². The minimum absolute atomic E-state index is 0.0665. The van der Waals surface area contributed by atoms with E-state index in [0.717, 1.165) is 6.42 Å². The van der Waals surface area contributed by atoms with E-state index in [0.29, 0.717) is 21.9 Å². The third-order valence-corrected chi connectivity index (χ3v) is 5.59. The molecule has 1 fully saturated rings. The summed E-state index contributed by atoms with van der Waals surface area (Å²) in [4.78, 5) is 12.5. The molecule has 1 aliphatic carbocycles. The van der Waals surface area contributed by atoms with Crippen molar-refractivity contribution in [1.82, 2.24) is 5.32 Å². The summed E-state index contributed by atoms with van der Waals surface area (Å²) in [6.07, 6.45) is 4.40. The second-order valence-corrected chi connectivity index (χ2v) is 8.54. The zero-order valence-electron chi connectivity index (χ0n) is 16.6. The number of carbonyl (C=O) groups is 1. The molecule has 1 aromatic rings. The van der Waals surface area contributed by atoms with Gasteiger partial charge in [-0.15, -0.1) is 0 Å². The molecule has 0 unspecified atom stereocenters. The van der Waals surface area contributed by atoms with Crippen LogP contribution < -0.4 is 10.1 Å². The summed E-state index contributed by atoms with van der Waals surface area (Å²) < 4.78 is 6.22. The Kier molecular flexibility index (Phi) is 6.07. The molecule has 27 heavy (non-hydrogen) atoms. The maximum Gasteiger partial charge on any atom is 0.250 e. The molecule has 1 aliphatic rings. The first-order valence-electron chi connectivity index (χ1n) is 9.08. The molecule has 0 saturated heterocycles. The minimum atomic E-state index is -0.283. The summed E-state index contributed by atoms with van der Waals surface area (Å²) >= 11 is 6.11. The molecule has 5 heteroatoms. The van der Waals surface area contributed by atoms with Gasteiger partial charge in [0.1, 0.15) is 17.9 Å². The highest BCUT2D eigenvalue weighted by Gasteiger charge is 2.64. The highest BCUT2D eigenvalue weighted by Crippen LogP contribution is 2.55. The molecule has 4 nitrogen and oxygen atoms in total. The molecule has 1 aromatic carbocycles. The molecule has 0 aliphatic heterocycles. The van der Waals surface area contributed by atoms with E-state index in [1.807, 2.05) is 19.1 Å². The minimum Gasteiger partial charge on any atom is -0.489 e. The number of allylic oxidation sites excluding steroid dienone is 1. The van der Waals surface area contributed by atoms with Crippen molar-refractivity contribution in [2.45, 2.75) is 53.2 Å². The Labute approximate surface area is 166 Å². The number of hydrogen-bond acceptors (Lipinski definition) is 3. The van der Waals surface area contributed by atoms with Crippen molar-refractivity contribution in [2.24, 2.45) is 10.8 Å². The number of carbonyl (C=O) groups excluding carboxylic acids is 1. The highest BCUT2D eigenvalue weighted by molar-refractivity contribution is 6.31. The average molecular weight is 387 g/mol. The molecule has 1 N–H and O–H groups in total. The molecule has 0 spiro atoms. The molecule has 0 aromatic heterocycles. The summed E-state index contributed by atoms with van der Waals surface area (Å²) in [5.74, 6) is 0.455. The number of amides is 1. The van der Waals surface area contributed by atoms with Crippen LogP contribution in [-0.2, 0) is 4.79 Å². The molecular formula is C22H27ClN2O2. The zero-order valence-corrected chi connectivity index (χ0v) is 17.4. The van der Waals surface area contributed by atoms with E-state index in [1.165, 1.54) is 0 Å². The van der Waals surface area contributed by atoms with Crippen LogP contribution in [0.15, 0.2) is 42.5 Å². The van der Waals surface area contributed by atoms with Crippen molar-refractivity contribution in [2.75, 3.05) is 0 Å². The van der Waals surface area contributed by atoms with Crippen LogP contribution >= 0.6 is 11.6 Å². The lowest BCUT2D eigenvalue weighted by Crippen LogP contribution is -2.74. The average Bonchev–Trinajstić information content (AvgIpc) is 2.61. The largest absolute Gasteiger partial charge is 0.489 e. The molecule has 1 amide bonds. The lowest BCUT2D eigenvalue weighted by Gasteiger charge is -2.63. The predicted molar refractivity (Wildman–Crippen MR) is 109 cm³/mol. The Morgan fingerprint density at radius 3 is 2.52 bits per heavy atom. The highest BCUT2D eigenvalue weighted by atomic mass is 35.5. The Morgan fingerprint density at radius 2 is 2.00 bits per heavy atom. The lowest BCUT2D eigenvalue weighted by atomic mass is 9.49. The molecule has 144 valence electrons. The van der Waals surface area contributed by atoms with Gasteiger partial charge in [-0.05, 0) is 18.6 Å². The Balaban J connectivity index is 2.14. The second-order valence-electron chi connectivity index (χ2n) is 8.14. The van der Waals surface area contributed by atoms with Gasteiger partial charge < -0.3 is 10.1 Å². The number of rotatable bonds is 6. The predicted octanol–water partition coefficient (Wildman–Crippen LogP) is 5.03.